The number of imidazole rings is 1. The predicted octanol–water partition coefficient (Wildman–Crippen LogP) is 5.88. The van der Waals surface area contributed by atoms with Crippen LogP contribution in [0, 0.1) is 0 Å². The van der Waals surface area contributed by atoms with Gasteiger partial charge in [-0.25, -0.2) is 4.98 Å². The zero-order valence-corrected chi connectivity index (χ0v) is 17.5. The summed E-state index contributed by atoms with van der Waals surface area (Å²) in [6.07, 6.45) is 6.99. The lowest BCUT2D eigenvalue weighted by molar-refractivity contribution is 0.207. The molecular weight excluding hydrogens is 374 g/mol. The van der Waals surface area contributed by atoms with Gasteiger partial charge in [-0.05, 0) is 74.5 Å². The van der Waals surface area contributed by atoms with Gasteiger partial charge >= 0.3 is 0 Å². The molecule has 1 fully saturated rings. The van der Waals surface area contributed by atoms with E-state index >= 15 is 0 Å². The van der Waals surface area contributed by atoms with E-state index in [9.17, 15) is 0 Å². The number of thiophene rings is 1. The molecule has 29 heavy (non-hydrogen) atoms. The molecule has 4 aromatic rings. The standard InChI is InChI=1S/C25H27N3S/c1-2-8-20(9-3-1)10-6-15-27-17-13-21(14-18-27)25-26-24(23-12-7-19-29-23)22-11-4-5-16-28(22)25/h1-5,7-9,11-12,16,19,21H,6,10,13-15,17-18H2. The van der Waals surface area contributed by atoms with Crippen molar-refractivity contribution in [1.82, 2.24) is 14.3 Å². The van der Waals surface area contributed by atoms with Crippen LogP contribution in [0.1, 0.15) is 36.6 Å². The van der Waals surface area contributed by atoms with Crippen molar-refractivity contribution < 1.29 is 0 Å². The van der Waals surface area contributed by atoms with Crippen LogP contribution in [-0.2, 0) is 6.42 Å². The second kappa shape index (κ2) is 8.52. The molecule has 0 bridgehead atoms. The first kappa shape index (κ1) is 18.6. The molecule has 0 atom stereocenters. The third-order valence-electron chi connectivity index (χ3n) is 6.07. The summed E-state index contributed by atoms with van der Waals surface area (Å²) in [6, 6.07) is 21.6. The van der Waals surface area contributed by atoms with Crippen molar-refractivity contribution in [1.29, 1.82) is 0 Å². The first-order valence-electron chi connectivity index (χ1n) is 10.7. The summed E-state index contributed by atoms with van der Waals surface area (Å²) in [5.41, 5.74) is 3.82. The number of aryl methyl sites for hydroxylation is 1. The molecule has 3 nitrogen and oxygen atoms in total. The van der Waals surface area contributed by atoms with Crippen LogP contribution in [0.25, 0.3) is 16.1 Å². The van der Waals surface area contributed by atoms with Crippen LogP contribution in [0.2, 0.25) is 0 Å². The van der Waals surface area contributed by atoms with Crippen molar-refractivity contribution >= 4 is 16.9 Å². The predicted molar refractivity (Wildman–Crippen MR) is 122 cm³/mol. The van der Waals surface area contributed by atoms with Gasteiger partial charge in [0.2, 0.25) is 0 Å². The van der Waals surface area contributed by atoms with Gasteiger partial charge in [0.15, 0.2) is 0 Å². The number of nitrogens with zero attached hydrogens (tertiary/aromatic N) is 3. The van der Waals surface area contributed by atoms with Gasteiger partial charge in [0.25, 0.3) is 0 Å². The second-order valence-electron chi connectivity index (χ2n) is 7.96. The van der Waals surface area contributed by atoms with Crippen LogP contribution in [-0.4, -0.2) is 33.9 Å². The van der Waals surface area contributed by atoms with Gasteiger partial charge in [-0.2, -0.15) is 0 Å². The normalized spacial score (nSPS) is 15.9. The van der Waals surface area contributed by atoms with Gasteiger partial charge in [-0.15, -0.1) is 11.3 Å². The molecule has 0 N–H and O–H groups in total. The maximum Gasteiger partial charge on any atom is 0.117 e. The van der Waals surface area contributed by atoms with E-state index in [-0.39, 0.29) is 0 Å². The zero-order valence-electron chi connectivity index (χ0n) is 16.7. The Morgan fingerprint density at radius 3 is 2.55 bits per heavy atom. The van der Waals surface area contributed by atoms with Crippen molar-refractivity contribution in [2.24, 2.45) is 0 Å². The number of aromatic nitrogens is 2. The second-order valence-corrected chi connectivity index (χ2v) is 8.90. The van der Waals surface area contributed by atoms with Crippen molar-refractivity contribution in [3.63, 3.8) is 0 Å². The average molecular weight is 402 g/mol. The molecule has 5 rings (SSSR count). The van der Waals surface area contributed by atoms with Crippen LogP contribution >= 0.6 is 11.3 Å². The summed E-state index contributed by atoms with van der Waals surface area (Å²) in [5.74, 6) is 1.79. The number of hydrogen-bond donors (Lipinski definition) is 0. The van der Waals surface area contributed by atoms with Gasteiger partial charge in [0.05, 0.1) is 10.4 Å². The van der Waals surface area contributed by atoms with Crippen molar-refractivity contribution in [2.45, 2.75) is 31.6 Å². The number of rotatable bonds is 6. The van der Waals surface area contributed by atoms with Crippen LogP contribution in [0.3, 0.4) is 0 Å². The van der Waals surface area contributed by atoms with Gasteiger partial charge in [0, 0.05) is 12.1 Å². The molecule has 0 radical (unpaired) electrons. The summed E-state index contributed by atoms with van der Waals surface area (Å²) in [4.78, 5) is 9.03. The van der Waals surface area contributed by atoms with Crippen molar-refractivity contribution in [3.8, 4) is 10.6 Å². The molecule has 4 heteroatoms. The fraction of sp³-hybridized carbons (Fsp3) is 0.320. The van der Waals surface area contributed by atoms with Crippen LogP contribution in [0.5, 0.6) is 0 Å². The van der Waals surface area contributed by atoms with E-state index in [2.05, 4.69) is 81.5 Å². The van der Waals surface area contributed by atoms with Crippen molar-refractivity contribution in [2.75, 3.05) is 19.6 Å². The molecule has 148 valence electrons. The summed E-state index contributed by atoms with van der Waals surface area (Å²) >= 11 is 1.77. The third-order valence-corrected chi connectivity index (χ3v) is 6.94. The molecule has 0 amide bonds. The lowest BCUT2D eigenvalue weighted by atomic mass is 9.95. The van der Waals surface area contributed by atoms with E-state index in [1.54, 1.807) is 11.3 Å². The Morgan fingerprint density at radius 1 is 0.931 bits per heavy atom. The first-order chi connectivity index (χ1) is 14.4. The first-order valence-corrected chi connectivity index (χ1v) is 11.5. The number of pyridine rings is 1. The highest BCUT2D eigenvalue weighted by atomic mass is 32.1. The number of piperidine rings is 1. The molecule has 1 saturated heterocycles. The Bertz CT molecular complexity index is 1040. The van der Waals surface area contributed by atoms with Gasteiger partial charge in [0.1, 0.15) is 11.5 Å². The Kier molecular flexibility index (Phi) is 5.46. The fourth-order valence-corrected chi connectivity index (χ4v) is 5.23. The molecule has 3 aromatic heterocycles. The summed E-state index contributed by atoms with van der Waals surface area (Å²) in [5, 5.41) is 2.14. The third kappa shape index (κ3) is 4.00. The highest BCUT2D eigenvalue weighted by molar-refractivity contribution is 7.13. The SMILES string of the molecule is c1ccc(CCCN2CCC(c3nc(-c4cccs4)c4ccccn34)CC2)cc1. The minimum absolute atomic E-state index is 0.545. The Balaban J connectivity index is 1.25. The Morgan fingerprint density at radius 2 is 1.76 bits per heavy atom. The smallest absolute Gasteiger partial charge is 0.117 e. The summed E-state index contributed by atoms with van der Waals surface area (Å²) in [6.45, 7) is 3.55. The molecular formula is C25H27N3S. The van der Waals surface area contributed by atoms with Gasteiger partial charge < -0.3 is 9.30 Å². The van der Waals surface area contributed by atoms with E-state index < -0.39 is 0 Å². The topological polar surface area (TPSA) is 20.5 Å². The minimum atomic E-state index is 0.545. The number of hydrogen-bond acceptors (Lipinski definition) is 3. The van der Waals surface area contributed by atoms with E-state index in [0.29, 0.717) is 5.92 Å². The Labute approximate surface area is 176 Å². The number of benzene rings is 1. The van der Waals surface area contributed by atoms with Crippen LogP contribution in [0.15, 0.2) is 72.2 Å². The van der Waals surface area contributed by atoms with Crippen LogP contribution < -0.4 is 0 Å². The molecule has 0 spiro atoms. The summed E-state index contributed by atoms with van der Waals surface area (Å²) in [7, 11) is 0. The van der Waals surface area contributed by atoms with E-state index in [1.807, 2.05) is 0 Å². The largest absolute Gasteiger partial charge is 0.303 e. The monoisotopic (exact) mass is 401 g/mol. The number of likely N-dealkylation sites (tertiary alicyclic amines) is 1. The molecule has 1 aliphatic heterocycles. The quantitative estimate of drug-likeness (QED) is 0.402. The average Bonchev–Trinajstić information content (AvgIpc) is 3.43. The Hall–Kier alpha value is -2.43. The zero-order chi connectivity index (χ0) is 19.5. The van der Waals surface area contributed by atoms with E-state index in [0.717, 1.165) is 5.69 Å². The molecule has 1 aromatic carbocycles. The fourth-order valence-electron chi connectivity index (χ4n) is 4.51. The molecule has 0 unspecified atom stereocenters. The van der Waals surface area contributed by atoms with Gasteiger partial charge in [-0.1, -0.05) is 42.5 Å². The van der Waals surface area contributed by atoms with E-state index in [1.165, 1.54) is 67.1 Å². The van der Waals surface area contributed by atoms with E-state index in [4.69, 9.17) is 4.98 Å². The highest BCUT2D eigenvalue weighted by Gasteiger charge is 2.25. The molecule has 0 aliphatic carbocycles. The lowest BCUT2D eigenvalue weighted by Crippen LogP contribution is -2.34. The maximum absolute atomic E-state index is 5.14. The van der Waals surface area contributed by atoms with Crippen LogP contribution in [0.4, 0.5) is 0 Å². The summed E-state index contributed by atoms with van der Waals surface area (Å²) < 4.78 is 2.32. The maximum atomic E-state index is 5.14. The molecule has 1 aliphatic rings. The van der Waals surface area contributed by atoms with Gasteiger partial charge in [-0.3, -0.25) is 0 Å². The highest BCUT2D eigenvalue weighted by Crippen LogP contribution is 2.34. The molecule has 0 saturated carbocycles. The van der Waals surface area contributed by atoms with Crippen molar-refractivity contribution in [3.05, 3.63) is 83.6 Å². The lowest BCUT2D eigenvalue weighted by Gasteiger charge is -2.31. The minimum Gasteiger partial charge on any atom is -0.303 e. The molecule has 4 heterocycles. The number of fused-ring (bicyclic) bond motifs is 1.